The fourth-order valence-corrected chi connectivity index (χ4v) is 3.71. The molecule has 0 aliphatic rings. The smallest absolute Gasteiger partial charge is 0.251 e. The summed E-state index contributed by atoms with van der Waals surface area (Å²) in [5.41, 5.74) is 5.00. The Morgan fingerprint density at radius 1 is 0.882 bits per heavy atom. The van der Waals surface area contributed by atoms with Crippen molar-refractivity contribution in [2.45, 2.75) is 13.5 Å². The number of pyridine rings is 2. The van der Waals surface area contributed by atoms with Crippen molar-refractivity contribution in [2.75, 3.05) is 0 Å². The Morgan fingerprint density at radius 2 is 1.71 bits per heavy atom. The molecule has 0 atom stereocenters. The molecule has 34 heavy (non-hydrogen) atoms. The summed E-state index contributed by atoms with van der Waals surface area (Å²) in [6.45, 7) is 2.31. The van der Waals surface area contributed by atoms with Gasteiger partial charge in [0.2, 0.25) is 0 Å². The minimum Gasteiger partial charge on any atom is -0.456 e. The van der Waals surface area contributed by atoms with Crippen LogP contribution in [0.3, 0.4) is 0 Å². The number of hydrogen-bond acceptors (Lipinski definition) is 6. The van der Waals surface area contributed by atoms with Gasteiger partial charge in [-0.05, 0) is 60.5 Å². The number of ether oxygens (including phenoxy) is 1. The Balaban J connectivity index is 1.40. The third-order valence-corrected chi connectivity index (χ3v) is 5.55. The molecule has 0 saturated carbocycles. The molecule has 5 aromatic rings. The molecule has 2 aromatic carbocycles. The van der Waals surface area contributed by atoms with E-state index in [1.165, 1.54) is 6.33 Å². The van der Waals surface area contributed by atoms with Gasteiger partial charge in [0.25, 0.3) is 5.91 Å². The number of aromatic nitrogens is 4. The fraction of sp³-hybridized carbons (Fsp3) is 0.0741. The van der Waals surface area contributed by atoms with E-state index in [0.29, 0.717) is 23.6 Å². The van der Waals surface area contributed by atoms with E-state index >= 15 is 0 Å². The SMILES string of the molecule is Cc1c(Oc2ccnc3cc(-c4cncnc4)ccc23)cccc1C(=O)NCc1ccncc1. The van der Waals surface area contributed by atoms with Gasteiger partial charge >= 0.3 is 0 Å². The summed E-state index contributed by atoms with van der Waals surface area (Å²) < 4.78 is 6.27. The highest BCUT2D eigenvalue weighted by Gasteiger charge is 2.14. The number of carbonyl (C=O) groups is 1. The Bertz CT molecular complexity index is 1460. The van der Waals surface area contributed by atoms with Crippen LogP contribution >= 0.6 is 0 Å². The van der Waals surface area contributed by atoms with Gasteiger partial charge in [0.1, 0.15) is 17.8 Å². The first-order valence-electron chi connectivity index (χ1n) is 10.8. The van der Waals surface area contributed by atoms with Gasteiger partial charge in [-0.1, -0.05) is 12.1 Å². The van der Waals surface area contributed by atoms with Crippen molar-refractivity contribution < 1.29 is 9.53 Å². The molecule has 7 heteroatoms. The van der Waals surface area contributed by atoms with Crippen molar-refractivity contribution in [2.24, 2.45) is 0 Å². The fourth-order valence-electron chi connectivity index (χ4n) is 3.71. The van der Waals surface area contributed by atoms with Crippen LogP contribution in [0.4, 0.5) is 0 Å². The summed E-state index contributed by atoms with van der Waals surface area (Å²) in [6.07, 6.45) is 10.2. The number of nitrogens with zero attached hydrogens (tertiary/aromatic N) is 4. The molecule has 0 aliphatic carbocycles. The minimum atomic E-state index is -0.158. The number of nitrogens with one attached hydrogen (secondary N) is 1. The van der Waals surface area contributed by atoms with Crippen molar-refractivity contribution in [3.05, 3.63) is 109 Å². The summed E-state index contributed by atoms with van der Waals surface area (Å²) in [6, 6.07) is 17.0. The molecule has 0 bridgehead atoms. The molecule has 0 saturated heterocycles. The topological polar surface area (TPSA) is 89.9 Å². The van der Waals surface area contributed by atoms with E-state index in [1.807, 2.05) is 55.5 Å². The lowest BCUT2D eigenvalue weighted by Crippen LogP contribution is -2.23. The highest BCUT2D eigenvalue weighted by molar-refractivity contribution is 5.96. The highest BCUT2D eigenvalue weighted by Crippen LogP contribution is 2.33. The normalized spacial score (nSPS) is 10.7. The van der Waals surface area contributed by atoms with Gasteiger partial charge < -0.3 is 10.1 Å². The number of rotatable bonds is 6. The van der Waals surface area contributed by atoms with Crippen molar-refractivity contribution in [1.82, 2.24) is 25.3 Å². The minimum absolute atomic E-state index is 0.158. The second-order valence-corrected chi connectivity index (χ2v) is 7.74. The molecular weight excluding hydrogens is 426 g/mol. The monoisotopic (exact) mass is 447 g/mol. The van der Waals surface area contributed by atoms with Crippen LogP contribution in [-0.4, -0.2) is 25.8 Å². The third-order valence-electron chi connectivity index (χ3n) is 5.55. The summed E-state index contributed by atoms with van der Waals surface area (Å²) in [5, 5.41) is 3.83. The zero-order chi connectivity index (χ0) is 23.3. The predicted octanol–water partition coefficient (Wildman–Crippen LogP) is 5.12. The lowest BCUT2D eigenvalue weighted by molar-refractivity contribution is 0.0950. The van der Waals surface area contributed by atoms with Crippen molar-refractivity contribution in [3.63, 3.8) is 0 Å². The molecule has 3 aromatic heterocycles. The molecule has 5 rings (SSSR count). The average Bonchev–Trinajstić information content (AvgIpc) is 2.89. The maximum Gasteiger partial charge on any atom is 0.251 e. The van der Waals surface area contributed by atoms with Crippen molar-refractivity contribution >= 4 is 16.8 Å². The van der Waals surface area contributed by atoms with E-state index in [4.69, 9.17) is 4.74 Å². The van der Waals surface area contributed by atoms with E-state index < -0.39 is 0 Å². The molecule has 0 fully saturated rings. The Hall–Kier alpha value is -4.65. The Morgan fingerprint density at radius 3 is 2.53 bits per heavy atom. The summed E-state index contributed by atoms with van der Waals surface area (Å²) in [7, 11) is 0. The van der Waals surface area contributed by atoms with Crippen molar-refractivity contribution in [3.8, 4) is 22.6 Å². The van der Waals surface area contributed by atoms with E-state index in [2.05, 4.69) is 25.3 Å². The first kappa shape index (κ1) is 21.2. The number of amides is 1. The lowest BCUT2D eigenvalue weighted by atomic mass is 10.1. The number of benzene rings is 2. The van der Waals surface area contributed by atoms with Gasteiger partial charge in [0, 0.05) is 59.6 Å². The quantitative estimate of drug-likeness (QED) is 0.389. The van der Waals surface area contributed by atoms with Crippen LogP contribution in [-0.2, 0) is 6.54 Å². The average molecular weight is 447 g/mol. The van der Waals surface area contributed by atoms with Crippen LogP contribution in [0.1, 0.15) is 21.5 Å². The maximum absolute atomic E-state index is 12.8. The van der Waals surface area contributed by atoms with Gasteiger partial charge in [-0.15, -0.1) is 0 Å². The van der Waals surface area contributed by atoms with E-state index in [9.17, 15) is 4.79 Å². The zero-order valence-corrected chi connectivity index (χ0v) is 18.5. The molecule has 7 nitrogen and oxygen atoms in total. The largest absolute Gasteiger partial charge is 0.456 e. The van der Waals surface area contributed by atoms with Crippen molar-refractivity contribution in [1.29, 1.82) is 0 Å². The summed E-state index contributed by atoms with van der Waals surface area (Å²) >= 11 is 0. The summed E-state index contributed by atoms with van der Waals surface area (Å²) in [5.74, 6) is 1.12. The van der Waals surface area contributed by atoms with Crippen LogP contribution in [0.15, 0.2) is 91.9 Å². The maximum atomic E-state index is 12.8. The van der Waals surface area contributed by atoms with E-state index in [-0.39, 0.29) is 5.91 Å². The van der Waals surface area contributed by atoms with Gasteiger partial charge in [-0.25, -0.2) is 9.97 Å². The number of fused-ring (bicyclic) bond motifs is 1. The highest BCUT2D eigenvalue weighted by atomic mass is 16.5. The van der Waals surface area contributed by atoms with E-state index in [0.717, 1.165) is 33.2 Å². The molecule has 0 aliphatic heterocycles. The molecule has 0 spiro atoms. The molecule has 1 amide bonds. The Labute approximate surface area is 196 Å². The van der Waals surface area contributed by atoms with Gasteiger partial charge in [0.15, 0.2) is 0 Å². The van der Waals surface area contributed by atoms with Crippen LogP contribution in [0.25, 0.3) is 22.0 Å². The van der Waals surface area contributed by atoms with Gasteiger partial charge in [-0.3, -0.25) is 14.8 Å². The lowest BCUT2D eigenvalue weighted by Gasteiger charge is -2.14. The number of hydrogen-bond donors (Lipinski definition) is 1. The van der Waals surface area contributed by atoms with Gasteiger partial charge in [-0.2, -0.15) is 0 Å². The Kier molecular flexibility index (Phi) is 5.90. The van der Waals surface area contributed by atoms with E-state index in [1.54, 1.807) is 37.1 Å². The predicted molar refractivity (Wildman–Crippen MR) is 129 cm³/mol. The third kappa shape index (κ3) is 4.45. The molecule has 1 N–H and O–H groups in total. The van der Waals surface area contributed by atoms with Crippen LogP contribution in [0.5, 0.6) is 11.5 Å². The van der Waals surface area contributed by atoms with Gasteiger partial charge in [0.05, 0.1) is 5.52 Å². The second-order valence-electron chi connectivity index (χ2n) is 7.74. The number of carbonyl (C=O) groups excluding carboxylic acids is 1. The van der Waals surface area contributed by atoms with Crippen LogP contribution in [0, 0.1) is 6.92 Å². The summed E-state index contributed by atoms with van der Waals surface area (Å²) in [4.78, 5) is 29.5. The zero-order valence-electron chi connectivity index (χ0n) is 18.5. The first-order chi connectivity index (χ1) is 16.7. The molecule has 0 unspecified atom stereocenters. The molecular formula is C27H21N5O2. The van der Waals surface area contributed by atoms with Crippen LogP contribution < -0.4 is 10.1 Å². The molecule has 0 radical (unpaired) electrons. The standard InChI is InChI=1S/C27H21N5O2/c1-18-22(27(33)32-14-19-7-10-28-11-8-19)3-2-4-25(18)34-26-9-12-31-24-13-20(5-6-23(24)26)21-15-29-17-30-16-21/h2-13,15-17H,14H2,1H3,(H,32,33). The van der Waals surface area contributed by atoms with Crippen LogP contribution in [0.2, 0.25) is 0 Å². The first-order valence-corrected chi connectivity index (χ1v) is 10.8. The second kappa shape index (κ2) is 9.46. The molecule has 3 heterocycles. The molecule has 166 valence electrons.